The zero-order valence-electron chi connectivity index (χ0n) is 98.3. The van der Waals surface area contributed by atoms with Crippen molar-refractivity contribution in [3.63, 3.8) is 0 Å². The molecule has 0 saturated carbocycles. The van der Waals surface area contributed by atoms with Gasteiger partial charge in [0.1, 0.15) is 25.3 Å². The van der Waals surface area contributed by atoms with Gasteiger partial charge in [-0.3, -0.25) is 0 Å². The third kappa shape index (κ3) is 95.4. The molecule has 0 aliphatic heterocycles. The standard InChI is InChI=1S/2C18H36N4.C18H36O3.C17H34N4.C17H34O3.C16H32N4.C16H32O3/c1-4-5-6-7-8-9-10-11-12-13-14-15-16-18(2,3)22-17-19-20-21-22;1-3-5-6-7-8-9-10-11-12-13-14-15-16-18(4-2)22-17-19-20-21-22;1-4-7-8-9-10-11-12-13-14-15-16-21-18(5-2,6-3)17(19)20;1-3-4-5-6-7-8-9-10-11-12-13-14-15-17(2)21-16-18-19-20-21;1-4-6-7-8-9-10-11-12-13-14-15-20-17(3,5-2)16(18)19;1-2-3-4-5-6-7-8-9-10-11-12-13-14-15-20-16-17-18-19-20;1-3-5-6-7-8-9-10-11-12-13-14-19-15(4-2)16(17)18/h17H,4-16H2,1-3H3;17-18H,3-16H2,1-2H3;4-16H2,1-3H3,(H,19,20);16-17H,3-15H2,1-2H3;4-15H2,1-3H3,(H,18,19);16H,2-15H2,1H3;15H,3-14H2,1-2H3,(H,17,18). The van der Waals surface area contributed by atoms with Crippen LogP contribution >= 0.6 is 0 Å². The number of carboxylic acids is 3. The first-order valence-corrected chi connectivity index (χ1v) is 62.2. The van der Waals surface area contributed by atoms with E-state index in [1.54, 1.807) is 32.2 Å². The number of hydrogen-bond acceptors (Lipinski definition) is 18. The van der Waals surface area contributed by atoms with Crippen LogP contribution in [0, 0.1) is 0 Å². The largest absolute Gasteiger partial charge is 0.479 e. The minimum atomic E-state index is -1.00. The number of aliphatic carboxylic acids is 3. The Morgan fingerprint density at radius 1 is 0.283 bits per heavy atom. The van der Waals surface area contributed by atoms with E-state index in [0.717, 1.165) is 57.9 Å². The van der Waals surface area contributed by atoms with Gasteiger partial charge in [-0.25, -0.2) is 33.1 Å². The zero-order valence-corrected chi connectivity index (χ0v) is 98.3. The Morgan fingerprint density at radius 2 is 0.566 bits per heavy atom. The van der Waals surface area contributed by atoms with Gasteiger partial charge >= 0.3 is 17.9 Å². The highest BCUT2D eigenvalue weighted by atomic mass is 16.5. The number of hydrogen-bond donors (Lipinski definition) is 3. The van der Waals surface area contributed by atoms with Gasteiger partial charge in [0.15, 0.2) is 17.3 Å². The Morgan fingerprint density at radius 3 is 0.841 bits per heavy atom. The number of aryl methyl sites for hydroxylation is 1. The first kappa shape index (κ1) is 144. The lowest BCUT2D eigenvalue weighted by molar-refractivity contribution is -0.167. The summed E-state index contributed by atoms with van der Waals surface area (Å²) in [4.78, 5) is 33.0. The second-order valence-electron chi connectivity index (χ2n) is 43.1. The molecule has 4 heterocycles. The number of carbonyl (C=O) groups is 3. The van der Waals surface area contributed by atoms with Crippen molar-refractivity contribution in [1.82, 2.24) is 80.8 Å². The molecule has 0 radical (unpaired) electrons. The van der Waals surface area contributed by atoms with E-state index in [2.05, 4.69) is 138 Å². The number of unbranched alkanes of at least 4 members (excludes halogenated alkanes) is 72. The summed E-state index contributed by atoms with van der Waals surface area (Å²) in [6, 6.07) is 0.918. The lowest BCUT2D eigenvalue weighted by atomic mass is 9.96. The summed E-state index contributed by atoms with van der Waals surface area (Å²) in [5, 5.41) is 72.6. The van der Waals surface area contributed by atoms with Gasteiger partial charge in [-0.05, 0) is 146 Å². The van der Waals surface area contributed by atoms with E-state index < -0.39 is 35.2 Å². The van der Waals surface area contributed by atoms with Crippen LogP contribution in [0.2, 0.25) is 0 Å². The van der Waals surface area contributed by atoms with Crippen molar-refractivity contribution in [2.75, 3.05) is 19.8 Å². The molecule has 25 nitrogen and oxygen atoms in total. The predicted molar refractivity (Wildman–Crippen MR) is 610 cm³/mol. The number of rotatable bonds is 100. The quantitative estimate of drug-likeness (QED) is 0.0346. The highest BCUT2D eigenvalue weighted by Gasteiger charge is 2.36. The topological polar surface area (TPSA) is 314 Å². The van der Waals surface area contributed by atoms with E-state index in [0.29, 0.717) is 57.6 Å². The van der Waals surface area contributed by atoms with Crippen molar-refractivity contribution in [2.45, 2.75) is 711 Å². The maximum absolute atomic E-state index is 11.3. The first-order chi connectivity index (χ1) is 70.7. The fourth-order valence-corrected chi connectivity index (χ4v) is 18.4. The van der Waals surface area contributed by atoms with Crippen molar-refractivity contribution in [3.05, 3.63) is 25.3 Å². The molecular weight excluding hydrogens is 1810 g/mol. The van der Waals surface area contributed by atoms with Crippen LogP contribution in [-0.2, 0) is 40.7 Å². The second kappa shape index (κ2) is 113. The molecule has 0 aromatic carbocycles. The molecule has 4 aromatic rings. The second-order valence-corrected chi connectivity index (χ2v) is 43.1. The monoisotopic (exact) mass is 2050 g/mol. The van der Waals surface area contributed by atoms with Crippen molar-refractivity contribution >= 4 is 17.9 Å². The van der Waals surface area contributed by atoms with E-state index in [1.165, 1.54) is 482 Å². The van der Waals surface area contributed by atoms with E-state index in [-0.39, 0.29) is 5.54 Å². The summed E-state index contributed by atoms with van der Waals surface area (Å²) >= 11 is 0. The Bertz CT molecular complexity index is 3120. The summed E-state index contributed by atoms with van der Waals surface area (Å²) in [5.74, 6) is -2.51. The van der Waals surface area contributed by atoms with Crippen molar-refractivity contribution in [2.24, 2.45) is 0 Å². The van der Waals surface area contributed by atoms with Gasteiger partial charge in [-0.2, -0.15) is 0 Å². The van der Waals surface area contributed by atoms with Crippen LogP contribution in [0.5, 0.6) is 0 Å². The summed E-state index contributed by atoms with van der Waals surface area (Å²) in [7, 11) is 0. The van der Waals surface area contributed by atoms with E-state index >= 15 is 0 Å². The van der Waals surface area contributed by atoms with E-state index in [1.807, 2.05) is 46.4 Å². The molecule has 0 saturated heterocycles. The molecule has 0 bridgehead atoms. The normalized spacial score (nSPS) is 12.4. The van der Waals surface area contributed by atoms with Crippen LogP contribution in [0.1, 0.15) is 681 Å². The van der Waals surface area contributed by atoms with Gasteiger partial charge in [0, 0.05) is 26.4 Å². The Balaban J connectivity index is -0.00000162. The third-order valence-electron chi connectivity index (χ3n) is 29.3. The van der Waals surface area contributed by atoms with Crippen LogP contribution in [-0.4, -0.2) is 151 Å². The maximum atomic E-state index is 11.3. The average molecular weight is 2050 g/mol. The molecule has 4 atom stereocenters. The minimum Gasteiger partial charge on any atom is -0.479 e. The number of ether oxygens (including phenoxy) is 3. The molecule has 0 aliphatic carbocycles. The van der Waals surface area contributed by atoms with Crippen LogP contribution in [0.4, 0.5) is 0 Å². The van der Waals surface area contributed by atoms with Gasteiger partial charge in [0.2, 0.25) is 0 Å². The van der Waals surface area contributed by atoms with E-state index in [4.69, 9.17) is 24.4 Å². The average Bonchev–Trinajstić information content (AvgIpc) is 1.69. The predicted octanol–water partition coefficient (Wildman–Crippen LogP) is 36.8. The molecule has 4 aromatic heterocycles. The summed E-state index contributed by atoms with van der Waals surface area (Å²) in [6.45, 7) is 36.5. The molecule has 0 aliphatic rings. The molecule has 25 heteroatoms. The molecule has 0 amide bonds. The molecule has 4 unspecified atom stereocenters. The molecule has 145 heavy (non-hydrogen) atoms. The lowest BCUT2D eigenvalue weighted by Gasteiger charge is -2.27. The SMILES string of the molecule is CCCCCCCCCCCCCCC(C)(C)n1cnnn1.CCCCCCCCCCCCCCC(C)n1cnnn1.CCCCCCCCCCCCCCC(CC)n1cnnn1.CCCCCCCCCCCCCCCn1cnnn1.CCCCCCCCCCCCOC(C)(CC)C(=O)O.CCCCCCCCCCCCOC(CC)(CC)C(=O)O.CCCCCCCCCCCCOC(CC)C(=O)O. The van der Waals surface area contributed by atoms with Gasteiger partial charge in [0.05, 0.1) is 17.6 Å². The zero-order chi connectivity index (χ0) is 107. The minimum absolute atomic E-state index is 0.0436. The van der Waals surface area contributed by atoms with Gasteiger partial charge in [0.25, 0.3) is 0 Å². The van der Waals surface area contributed by atoms with Crippen molar-refractivity contribution in [3.8, 4) is 0 Å². The number of carboxylic acid groups (broad SMARTS) is 3. The third-order valence-corrected chi connectivity index (χ3v) is 29.3. The van der Waals surface area contributed by atoms with Crippen LogP contribution < -0.4 is 0 Å². The fourth-order valence-electron chi connectivity index (χ4n) is 18.4. The smallest absolute Gasteiger partial charge is 0.335 e. The molecular formula is C120H240N16O9. The fraction of sp³-hybridized carbons (Fsp3) is 0.942. The highest BCUT2D eigenvalue weighted by molar-refractivity contribution is 5.77. The summed E-state index contributed by atoms with van der Waals surface area (Å²) in [5.41, 5.74) is -1.92. The lowest BCUT2D eigenvalue weighted by Crippen LogP contribution is -2.40. The van der Waals surface area contributed by atoms with Crippen molar-refractivity contribution < 1.29 is 43.9 Å². The number of nitrogens with zero attached hydrogens (tertiary/aromatic N) is 16. The number of tetrazole rings is 4. The van der Waals surface area contributed by atoms with Gasteiger partial charge in [-0.15, -0.1) is 20.4 Å². The summed E-state index contributed by atoms with van der Waals surface area (Å²) in [6.07, 6.45) is 120. The van der Waals surface area contributed by atoms with E-state index in [9.17, 15) is 19.5 Å². The summed E-state index contributed by atoms with van der Waals surface area (Å²) < 4.78 is 24.0. The maximum Gasteiger partial charge on any atom is 0.335 e. The molecule has 4 rings (SSSR count). The Hall–Kier alpha value is -5.43. The highest BCUT2D eigenvalue weighted by Crippen LogP contribution is 2.27. The van der Waals surface area contributed by atoms with Crippen LogP contribution in [0.15, 0.2) is 25.3 Å². The number of aromatic nitrogens is 16. The van der Waals surface area contributed by atoms with Gasteiger partial charge in [-0.1, -0.05) is 565 Å². The van der Waals surface area contributed by atoms with Crippen LogP contribution in [0.3, 0.4) is 0 Å². The Labute approximate surface area is 893 Å². The Kier molecular flexibility index (Phi) is 112. The van der Waals surface area contributed by atoms with Crippen LogP contribution in [0.25, 0.3) is 0 Å². The molecule has 854 valence electrons. The molecule has 3 N–H and O–H groups in total. The molecule has 0 spiro atoms. The first-order valence-electron chi connectivity index (χ1n) is 62.2. The molecule has 0 fully saturated rings. The van der Waals surface area contributed by atoms with Crippen molar-refractivity contribution in [1.29, 1.82) is 0 Å². The van der Waals surface area contributed by atoms with Gasteiger partial charge < -0.3 is 29.5 Å².